The van der Waals surface area contributed by atoms with E-state index in [2.05, 4.69) is 4.98 Å². The number of hydrogen-bond acceptors (Lipinski definition) is 2. The van der Waals surface area contributed by atoms with Crippen LogP contribution in [0.5, 0.6) is 0 Å². The summed E-state index contributed by atoms with van der Waals surface area (Å²) in [6, 6.07) is 5.02. The molecule has 10 heavy (non-hydrogen) atoms. The number of primary amides is 1. The minimum absolute atomic E-state index is 0. The first-order chi connectivity index (χ1) is 4.30. The fraction of sp³-hybridized carbons (Fsp3) is 0. The SMILES string of the molecule is NC(=O)c1ccccn1.[Al]. The number of pyridine rings is 1. The van der Waals surface area contributed by atoms with E-state index in [4.69, 9.17) is 5.73 Å². The zero-order chi connectivity index (χ0) is 6.69. The van der Waals surface area contributed by atoms with E-state index in [1.165, 1.54) is 6.20 Å². The molecule has 1 amide bonds. The van der Waals surface area contributed by atoms with Gasteiger partial charge in [-0.1, -0.05) is 6.07 Å². The van der Waals surface area contributed by atoms with E-state index in [9.17, 15) is 4.79 Å². The molecule has 0 aliphatic carbocycles. The van der Waals surface area contributed by atoms with Gasteiger partial charge in [0.1, 0.15) is 5.69 Å². The van der Waals surface area contributed by atoms with Crippen molar-refractivity contribution in [3.63, 3.8) is 0 Å². The number of amides is 1. The molecule has 1 heterocycles. The number of carbonyl (C=O) groups is 1. The maximum atomic E-state index is 10.4. The number of aromatic nitrogens is 1. The van der Waals surface area contributed by atoms with Crippen molar-refractivity contribution >= 4 is 23.3 Å². The summed E-state index contributed by atoms with van der Waals surface area (Å²) in [5.74, 6) is -0.490. The van der Waals surface area contributed by atoms with E-state index in [0.717, 1.165) is 0 Å². The van der Waals surface area contributed by atoms with Gasteiger partial charge in [0, 0.05) is 23.6 Å². The van der Waals surface area contributed by atoms with Gasteiger partial charge in [-0.05, 0) is 12.1 Å². The first-order valence-electron chi connectivity index (χ1n) is 2.51. The van der Waals surface area contributed by atoms with E-state index in [1.54, 1.807) is 18.2 Å². The van der Waals surface area contributed by atoms with Crippen LogP contribution < -0.4 is 5.73 Å². The highest BCUT2D eigenvalue weighted by molar-refractivity contribution is 5.90. The number of carbonyl (C=O) groups excluding carboxylic acids is 1. The summed E-state index contributed by atoms with van der Waals surface area (Å²) in [5.41, 5.74) is 5.22. The molecule has 0 bridgehead atoms. The van der Waals surface area contributed by atoms with Crippen LogP contribution in [0.15, 0.2) is 24.4 Å². The Morgan fingerprint density at radius 1 is 1.50 bits per heavy atom. The van der Waals surface area contributed by atoms with Crippen LogP contribution in [0.2, 0.25) is 0 Å². The quantitative estimate of drug-likeness (QED) is 0.562. The topological polar surface area (TPSA) is 56.0 Å². The first kappa shape index (κ1) is 9.15. The maximum Gasteiger partial charge on any atom is 0.267 e. The van der Waals surface area contributed by atoms with Crippen molar-refractivity contribution in [3.8, 4) is 0 Å². The first-order valence-corrected chi connectivity index (χ1v) is 2.51. The zero-order valence-electron chi connectivity index (χ0n) is 5.32. The molecule has 3 nitrogen and oxygen atoms in total. The third-order valence-electron chi connectivity index (χ3n) is 0.917. The molecule has 49 valence electrons. The van der Waals surface area contributed by atoms with Gasteiger partial charge in [0.25, 0.3) is 5.91 Å². The molecule has 0 saturated carbocycles. The highest BCUT2D eigenvalue weighted by atomic mass is 27.0. The van der Waals surface area contributed by atoms with Gasteiger partial charge in [0.05, 0.1) is 0 Å². The van der Waals surface area contributed by atoms with Crippen LogP contribution in [-0.2, 0) is 0 Å². The Labute approximate surface area is 69.4 Å². The third kappa shape index (κ3) is 2.18. The third-order valence-corrected chi connectivity index (χ3v) is 0.917. The molecular formula is C6H6AlN2O. The molecule has 0 fully saturated rings. The smallest absolute Gasteiger partial charge is 0.267 e. The van der Waals surface area contributed by atoms with Crippen LogP contribution in [0.3, 0.4) is 0 Å². The second-order valence-electron chi connectivity index (χ2n) is 1.58. The number of hydrogen-bond donors (Lipinski definition) is 1. The molecule has 0 aliphatic heterocycles. The van der Waals surface area contributed by atoms with Crippen LogP contribution in [0, 0.1) is 0 Å². The Morgan fingerprint density at radius 2 is 2.20 bits per heavy atom. The van der Waals surface area contributed by atoms with Crippen LogP contribution >= 0.6 is 0 Å². The number of nitrogens with two attached hydrogens (primary N) is 1. The summed E-state index contributed by atoms with van der Waals surface area (Å²) in [6.45, 7) is 0. The van der Waals surface area contributed by atoms with Gasteiger partial charge in [-0.2, -0.15) is 0 Å². The van der Waals surface area contributed by atoms with E-state index in [-0.39, 0.29) is 17.4 Å². The van der Waals surface area contributed by atoms with Crippen molar-refractivity contribution in [1.29, 1.82) is 0 Å². The number of rotatable bonds is 1. The summed E-state index contributed by atoms with van der Waals surface area (Å²) < 4.78 is 0. The summed E-state index contributed by atoms with van der Waals surface area (Å²) in [5, 5.41) is 0. The molecule has 0 aliphatic rings. The highest BCUT2D eigenvalue weighted by Gasteiger charge is 1.95. The van der Waals surface area contributed by atoms with Crippen LogP contribution in [-0.4, -0.2) is 28.3 Å². The Balaban J connectivity index is 0.000000810. The van der Waals surface area contributed by atoms with Crippen LogP contribution in [0.4, 0.5) is 0 Å². The minimum Gasteiger partial charge on any atom is -0.364 e. The lowest BCUT2D eigenvalue weighted by Crippen LogP contribution is -2.12. The molecule has 1 aromatic rings. The van der Waals surface area contributed by atoms with Crippen molar-refractivity contribution in [2.75, 3.05) is 0 Å². The van der Waals surface area contributed by atoms with E-state index in [0.29, 0.717) is 5.69 Å². The predicted octanol–water partition coefficient (Wildman–Crippen LogP) is -0.200. The summed E-state index contributed by atoms with van der Waals surface area (Å²) >= 11 is 0. The largest absolute Gasteiger partial charge is 0.364 e. The van der Waals surface area contributed by atoms with Crippen molar-refractivity contribution in [1.82, 2.24) is 4.98 Å². The van der Waals surface area contributed by atoms with E-state index in [1.807, 2.05) is 0 Å². The minimum atomic E-state index is -0.490. The summed E-state index contributed by atoms with van der Waals surface area (Å²) in [4.78, 5) is 14.1. The fourth-order valence-electron chi connectivity index (χ4n) is 0.509. The predicted molar refractivity (Wildman–Crippen MR) is 38.5 cm³/mol. The van der Waals surface area contributed by atoms with Crippen molar-refractivity contribution in [2.45, 2.75) is 0 Å². The molecule has 2 N–H and O–H groups in total. The molecule has 0 saturated heterocycles. The average molecular weight is 149 g/mol. The number of nitrogens with zero attached hydrogens (tertiary/aromatic N) is 1. The van der Waals surface area contributed by atoms with Crippen LogP contribution in [0.1, 0.15) is 10.5 Å². The Hall–Kier alpha value is -0.848. The van der Waals surface area contributed by atoms with Gasteiger partial charge in [0.2, 0.25) is 0 Å². The van der Waals surface area contributed by atoms with E-state index >= 15 is 0 Å². The van der Waals surface area contributed by atoms with Gasteiger partial charge < -0.3 is 5.73 Å². The average Bonchev–Trinajstić information content (AvgIpc) is 1.90. The molecular weight excluding hydrogens is 143 g/mol. The molecule has 0 aromatic carbocycles. The van der Waals surface area contributed by atoms with Gasteiger partial charge in [-0.15, -0.1) is 0 Å². The second kappa shape index (κ2) is 4.05. The normalized spacial score (nSPS) is 8.00. The van der Waals surface area contributed by atoms with Crippen molar-refractivity contribution < 1.29 is 4.79 Å². The van der Waals surface area contributed by atoms with Gasteiger partial charge in [0.15, 0.2) is 0 Å². The lowest BCUT2D eigenvalue weighted by molar-refractivity contribution is 0.0995. The second-order valence-corrected chi connectivity index (χ2v) is 1.58. The van der Waals surface area contributed by atoms with Crippen molar-refractivity contribution in [3.05, 3.63) is 30.1 Å². The standard InChI is InChI=1S/C6H6N2O.Al/c7-6(9)5-3-1-2-4-8-5;/h1-4H,(H2,7,9);. The fourth-order valence-corrected chi connectivity index (χ4v) is 0.509. The lowest BCUT2D eigenvalue weighted by Gasteiger charge is -1.88. The van der Waals surface area contributed by atoms with E-state index < -0.39 is 5.91 Å². The van der Waals surface area contributed by atoms with Gasteiger partial charge in [-0.25, -0.2) is 0 Å². The Bertz CT molecular complexity index is 212. The molecule has 4 heteroatoms. The summed E-state index contributed by atoms with van der Waals surface area (Å²) in [7, 11) is 0. The molecule has 1 aromatic heterocycles. The Morgan fingerprint density at radius 3 is 2.50 bits per heavy atom. The molecule has 0 spiro atoms. The molecule has 0 atom stereocenters. The van der Waals surface area contributed by atoms with Gasteiger partial charge in [-0.3, -0.25) is 9.78 Å². The van der Waals surface area contributed by atoms with Crippen LogP contribution in [0.25, 0.3) is 0 Å². The molecule has 0 unspecified atom stereocenters. The zero-order valence-corrected chi connectivity index (χ0v) is 6.47. The summed E-state index contributed by atoms with van der Waals surface area (Å²) in [6.07, 6.45) is 1.53. The Kier molecular flexibility index (Phi) is 3.70. The lowest BCUT2D eigenvalue weighted by atomic mass is 10.3. The molecule has 1 rings (SSSR count). The maximum absolute atomic E-state index is 10.4. The molecule has 3 radical (unpaired) electrons. The highest BCUT2D eigenvalue weighted by Crippen LogP contribution is 1.88. The monoisotopic (exact) mass is 149 g/mol. The van der Waals surface area contributed by atoms with Crippen molar-refractivity contribution in [2.24, 2.45) is 5.73 Å². The van der Waals surface area contributed by atoms with Gasteiger partial charge >= 0.3 is 0 Å².